The first-order valence-electron chi connectivity index (χ1n) is 12.4. The first-order valence-corrected chi connectivity index (χ1v) is 12.4. The molecule has 0 spiro atoms. The Hall–Kier alpha value is -4.78. The van der Waals surface area contributed by atoms with Gasteiger partial charge in [0.15, 0.2) is 11.6 Å². The molecule has 7 rings (SSSR count). The van der Waals surface area contributed by atoms with Gasteiger partial charge in [-0.1, -0.05) is 17.7 Å². The van der Waals surface area contributed by atoms with E-state index in [1.54, 1.807) is 12.1 Å². The number of imidazole rings is 2. The fourth-order valence-corrected chi connectivity index (χ4v) is 5.55. The van der Waals surface area contributed by atoms with Gasteiger partial charge < -0.3 is 8.80 Å². The topological polar surface area (TPSA) is 37.8 Å². The number of halogens is 2. The van der Waals surface area contributed by atoms with E-state index in [2.05, 4.69) is 37.8 Å². The second kappa shape index (κ2) is 8.11. The Balaban J connectivity index is 1.51. The lowest BCUT2D eigenvalue weighted by Gasteiger charge is -2.24. The van der Waals surface area contributed by atoms with E-state index in [0.29, 0.717) is 11.6 Å². The summed E-state index contributed by atoms with van der Waals surface area (Å²) in [7, 11) is 0. The Labute approximate surface area is 217 Å². The molecule has 7 aromatic rings. The standard InChI is InChI=1S/C31H23F2N5/c1-18-12-19(2)29(20(3)13-18)38(27-16-36-10-8-21-14-23(32)4-6-25(21)30(36)34-27)28-17-37-11-9-22-15-24(33)5-7-26(22)31(37)35-28/h4-17H,1-3H3. The lowest BCUT2D eigenvalue weighted by atomic mass is 10.0. The molecule has 0 radical (unpaired) electrons. The van der Waals surface area contributed by atoms with Crippen molar-refractivity contribution in [2.75, 3.05) is 4.90 Å². The van der Waals surface area contributed by atoms with Crippen LogP contribution in [0.3, 0.4) is 0 Å². The summed E-state index contributed by atoms with van der Waals surface area (Å²) in [6.07, 6.45) is 7.72. The van der Waals surface area contributed by atoms with Gasteiger partial charge in [-0.05, 0) is 91.2 Å². The van der Waals surface area contributed by atoms with Crippen molar-refractivity contribution in [3.63, 3.8) is 0 Å². The molecule has 0 atom stereocenters. The van der Waals surface area contributed by atoms with Crippen LogP contribution in [0.15, 0.2) is 85.5 Å². The first-order chi connectivity index (χ1) is 18.4. The lowest BCUT2D eigenvalue weighted by Crippen LogP contribution is -2.14. The summed E-state index contributed by atoms with van der Waals surface area (Å²) in [6.45, 7) is 6.26. The van der Waals surface area contributed by atoms with Crippen molar-refractivity contribution in [2.24, 2.45) is 0 Å². The third-order valence-electron chi connectivity index (χ3n) is 7.09. The smallest absolute Gasteiger partial charge is 0.158 e. The molecular weight excluding hydrogens is 480 g/mol. The van der Waals surface area contributed by atoms with Crippen LogP contribution < -0.4 is 4.90 Å². The van der Waals surface area contributed by atoms with Gasteiger partial charge in [-0.15, -0.1) is 0 Å². The van der Waals surface area contributed by atoms with Crippen LogP contribution in [-0.4, -0.2) is 18.8 Å². The predicted octanol–water partition coefficient (Wildman–Crippen LogP) is 7.96. The van der Waals surface area contributed by atoms with Gasteiger partial charge in [0.1, 0.15) is 22.9 Å². The molecule has 0 saturated carbocycles. The molecule has 4 aromatic heterocycles. The van der Waals surface area contributed by atoms with E-state index in [-0.39, 0.29) is 11.6 Å². The number of aryl methyl sites for hydroxylation is 3. The van der Waals surface area contributed by atoms with Gasteiger partial charge in [0.25, 0.3) is 0 Å². The molecule has 186 valence electrons. The summed E-state index contributed by atoms with van der Waals surface area (Å²) in [4.78, 5) is 12.1. The molecule has 5 nitrogen and oxygen atoms in total. The van der Waals surface area contributed by atoms with Crippen LogP contribution in [0.2, 0.25) is 0 Å². The van der Waals surface area contributed by atoms with E-state index in [0.717, 1.165) is 49.7 Å². The van der Waals surface area contributed by atoms with Gasteiger partial charge in [0.2, 0.25) is 0 Å². The summed E-state index contributed by atoms with van der Waals surface area (Å²) in [5.41, 5.74) is 5.82. The van der Waals surface area contributed by atoms with E-state index in [9.17, 15) is 8.78 Å². The molecule has 4 heterocycles. The second-order valence-electron chi connectivity index (χ2n) is 9.84. The SMILES string of the molecule is Cc1cc(C)c(N(c2cn3ccc4cc(F)ccc4c3n2)c2cn3ccc4cc(F)ccc4c3n2)c(C)c1. The third kappa shape index (κ3) is 3.43. The number of benzene rings is 3. The Bertz CT molecular complexity index is 1910. The van der Waals surface area contributed by atoms with Crippen molar-refractivity contribution in [3.8, 4) is 0 Å². The van der Waals surface area contributed by atoms with Crippen LogP contribution in [0, 0.1) is 32.4 Å². The Morgan fingerprint density at radius 1 is 0.632 bits per heavy atom. The van der Waals surface area contributed by atoms with Crippen LogP contribution in [-0.2, 0) is 0 Å². The molecule has 0 aliphatic carbocycles. The van der Waals surface area contributed by atoms with Crippen LogP contribution in [0.1, 0.15) is 16.7 Å². The predicted molar refractivity (Wildman–Crippen MR) is 148 cm³/mol. The Kier molecular flexibility index (Phi) is 4.79. The fourth-order valence-electron chi connectivity index (χ4n) is 5.55. The van der Waals surface area contributed by atoms with E-state index >= 15 is 0 Å². The molecule has 0 saturated heterocycles. The molecule has 0 amide bonds. The van der Waals surface area contributed by atoms with Gasteiger partial charge >= 0.3 is 0 Å². The second-order valence-corrected chi connectivity index (χ2v) is 9.84. The van der Waals surface area contributed by atoms with Gasteiger partial charge in [-0.3, -0.25) is 4.90 Å². The van der Waals surface area contributed by atoms with E-state index in [1.807, 2.05) is 45.7 Å². The molecule has 0 aliphatic rings. The molecule has 0 fully saturated rings. The number of hydrogen-bond donors (Lipinski definition) is 0. The van der Waals surface area contributed by atoms with Crippen LogP contribution in [0.25, 0.3) is 32.8 Å². The largest absolute Gasteiger partial charge is 0.304 e. The maximum atomic E-state index is 13.9. The number of nitrogens with zero attached hydrogens (tertiary/aromatic N) is 5. The quantitative estimate of drug-likeness (QED) is 0.245. The van der Waals surface area contributed by atoms with Crippen molar-refractivity contribution in [1.29, 1.82) is 0 Å². The Morgan fingerprint density at radius 3 is 1.58 bits per heavy atom. The van der Waals surface area contributed by atoms with Crippen LogP contribution >= 0.6 is 0 Å². The number of aromatic nitrogens is 4. The molecule has 0 aliphatic heterocycles. The summed E-state index contributed by atoms with van der Waals surface area (Å²) in [5, 5.41) is 3.30. The van der Waals surface area contributed by atoms with Gasteiger partial charge in [0, 0.05) is 23.2 Å². The summed E-state index contributed by atoms with van der Waals surface area (Å²) in [5.74, 6) is 0.821. The number of anilines is 3. The van der Waals surface area contributed by atoms with Gasteiger partial charge in [0.05, 0.1) is 18.1 Å². The number of rotatable bonds is 3. The molecule has 0 N–H and O–H groups in total. The molecule has 0 bridgehead atoms. The lowest BCUT2D eigenvalue weighted by molar-refractivity contribution is 0.629. The van der Waals surface area contributed by atoms with Crippen molar-refractivity contribution in [1.82, 2.24) is 18.8 Å². The van der Waals surface area contributed by atoms with E-state index < -0.39 is 0 Å². The van der Waals surface area contributed by atoms with E-state index in [4.69, 9.17) is 9.97 Å². The molecule has 3 aromatic carbocycles. The highest BCUT2D eigenvalue weighted by Gasteiger charge is 2.23. The van der Waals surface area contributed by atoms with Gasteiger partial charge in [-0.2, -0.15) is 0 Å². The average molecular weight is 504 g/mol. The summed E-state index contributed by atoms with van der Waals surface area (Å²) >= 11 is 0. The third-order valence-corrected chi connectivity index (χ3v) is 7.09. The van der Waals surface area contributed by atoms with Crippen LogP contribution in [0.5, 0.6) is 0 Å². The zero-order valence-electron chi connectivity index (χ0n) is 21.1. The minimum atomic E-state index is -0.280. The number of pyridine rings is 2. The minimum absolute atomic E-state index is 0.280. The highest BCUT2D eigenvalue weighted by molar-refractivity contribution is 5.96. The molecular formula is C31H23F2N5. The zero-order valence-corrected chi connectivity index (χ0v) is 21.1. The summed E-state index contributed by atoms with van der Waals surface area (Å²) < 4.78 is 31.7. The van der Waals surface area contributed by atoms with Crippen molar-refractivity contribution in [3.05, 3.63) is 114 Å². The zero-order chi connectivity index (χ0) is 26.1. The monoisotopic (exact) mass is 503 g/mol. The highest BCUT2D eigenvalue weighted by Crippen LogP contribution is 2.39. The molecule has 38 heavy (non-hydrogen) atoms. The Morgan fingerprint density at radius 2 is 1.11 bits per heavy atom. The van der Waals surface area contributed by atoms with Crippen LogP contribution in [0.4, 0.5) is 26.1 Å². The maximum Gasteiger partial charge on any atom is 0.158 e. The molecule has 0 unspecified atom stereocenters. The fraction of sp³-hybridized carbons (Fsp3) is 0.0968. The van der Waals surface area contributed by atoms with Gasteiger partial charge in [-0.25, -0.2) is 18.7 Å². The molecule has 7 heteroatoms. The van der Waals surface area contributed by atoms with Crippen molar-refractivity contribution >= 4 is 50.2 Å². The van der Waals surface area contributed by atoms with Crippen molar-refractivity contribution in [2.45, 2.75) is 20.8 Å². The minimum Gasteiger partial charge on any atom is -0.304 e. The summed E-state index contributed by atoms with van der Waals surface area (Å²) in [6, 6.07) is 17.6. The number of fused-ring (bicyclic) bond motifs is 6. The first kappa shape index (κ1) is 22.4. The highest BCUT2D eigenvalue weighted by atomic mass is 19.1. The normalized spacial score (nSPS) is 11.8. The maximum absolute atomic E-state index is 13.9. The van der Waals surface area contributed by atoms with Crippen molar-refractivity contribution < 1.29 is 8.78 Å². The number of hydrogen-bond acceptors (Lipinski definition) is 3. The average Bonchev–Trinajstić information content (AvgIpc) is 3.50. The van der Waals surface area contributed by atoms with E-state index in [1.165, 1.54) is 29.8 Å².